The van der Waals surface area contributed by atoms with E-state index in [4.69, 9.17) is 27.9 Å². The third kappa shape index (κ3) is 5.15. The van der Waals surface area contributed by atoms with E-state index in [0.717, 1.165) is 5.69 Å². The van der Waals surface area contributed by atoms with Crippen molar-refractivity contribution in [3.63, 3.8) is 0 Å². The van der Waals surface area contributed by atoms with E-state index in [2.05, 4.69) is 15.5 Å². The van der Waals surface area contributed by atoms with Crippen molar-refractivity contribution in [1.82, 2.24) is 14.8 Å². The molecule has 1 aromatic heterocycles. The first-order valence-electron chi connectivity index (χ1n) is 7.93. The average molecular weight is 423 g/mol. The molecule has 0 aliphatic rings. The van der Waals surface area contributed by atoms with Crippen molar-refractivity contribution in [2.45, 2.75) is 12.5 Å². The van der Waals surface area contributed by atoms with Crippen LogP contribution in [-0.4, -0.2) is 21.0 Å². The fourth-order valence-corrected chi connectivity index (χ4v) is 2.98. The summed E-state index contributed by atoms with van der Waals surface area (Å²) in [5.41, 5.74) is 0.721. The predicted octanol–water partition coefficient (Wildman–Crippen LogP) is 4.59. The Morgan fingerprint density at radius 2 is 1.67 bits per heavy atom. The molecule has 0 aliphatic carbocycles. The first kappa shape index (κ1) is 19.5. The third-order valence-corrected chi connectivity index (χ3v) is 4.58. The molecule has 140 valence electrons. The summed E-state index contributed by atoms with van der Waals surface area (Å²) in [5.74, 6) is 1.38. The van der Waals surface area contributed by atoms with Gasteiger partial charge in [0.25, 0.3) is 5.56 Å². The van der Waals surface area contributed by atoms with Crippen LogP contribution in [0.1, 0.15) is 5.69 Å². The number of hydrogen-bond acceptors (Lipinski definition) is 6. The lowest BCUT2D eigenvalue weighted by Crippen LogP contribution is -2.29. The van der Waals surface area contributed by atoms with Crippen molar-refractivity contribution in [2.24, 2.45) is 0 Å². The maximum absolute atomic E-state index is 12.8. The quantitative estimate of drug-likeness (QED) is 0.600. The minimum atomic E-state index is -0.259. The molecule has 2 aromatic carbocycles. The van der Waals surface area contributed by atoms with Gasteiger partial charge in [-0.05, 0) is 54.8 Å². The molecule has 0 fully saturated rings. The number of thioether (sulfide) groups is 1. The molecule has 6 nitrogen and oxygen atoms in total. The molecule has 0 unspecified atom stereocenters. The Morgan fingerprint density at radius 1 is 1.04 bits per heavy atom. The number of rotatable bonds is 7. The minimum Gasteiger partial charge on any atom is -0.487 e. The van der Waals surface area contributed by atoms with E-state index in [1.807, 2.05) is 6.26 Å². The van der Waals surface area contributed by atoms with Crippen LogP contribution in [0.15, 0.2) is 53.3 Å². The lowest BCUT2D eigenvalue weighted by molar-refractivity contribution is 0.296. The van der Waals surface area contributed by atoms with Crippen molar-refractivity contribution < 1.29 is 4.74 Å². The highest BCUT2D eigenvalue weighted by atomic mass is 35.5. The zero-order chi connectivity index (χ0) is 19.2. The summed E-state index contributed by atoms with van der Waals surface area (Å²) < 4.78 is 7.14. The molecular formula is C18H16Cl2N4O2S. The van der Waals surface area contributed by atoms with Crippen molar-refractivity contribution in [1.29, 1.82) is 0 Å². The Balaban J connectivity index is 1.82. The van der Waals surface area contributed by atoms with Crippen molar-refractivity contribution in [3.05, 3.63) is 74.6 Å². The lowest BCUT2D eigenvalue weighted by atomic mass is 10.3. The molecular weight excluding hydrogens is 407 g/mol. The summed E-state index contributed by atoms with van der Waals surface area (Å²) in [7, 11) is 0. The van der Waals surface area contributed by atoms with Gasteiger partial charge in [0.1, 0.15) is 12.4 Å². The van der Waals surface area contributed by atoms with Crippen LogP contribution >= 0.6 is 35.0 Å². The van der Waals surface area contributed by atoms with Gasteiger partial charge in [-0.25, -0.2) is 0 Å². The van der Waals surface area contributed by atoms with Crippen LogP contribution < -0.4 is 15.6 Å². The highest BCUT2D eigenvalue weighted by Crippen LogP contribution is 2.18. The molecule has 0 amide bonds. The molecule has 0 saturated carbocycles. The molecule has 0 bridgehead atoms. The van der Waals surface area contributed by atoms with E-state index >= 15 is 0 Å². The summed E-state index contributed by atoms with van der Waals surface area (Å²) in [6, 6.07) is 14.0. The maximum atomic E-state index is 12.8. The number of anilines is 2. The van der Waals surface area contributed by atoms with E-state index in [9.17, 15) is 4.79 Å². The van der Waals surface area contributed by atoms with Gasteiger partial charge in [-0.2, -0.15) is 0 Å². The van der Waals surface area contributed by atoms with Crippen LogP contribution in [0, 0.1) is 0 Å². The second-order valence-corrected chi connectivity index (χ2v) is 7.20. The normalized spacial score (nSPS) is 10.6. The molecule has 1 N–H and O–H groups in total. The van der Waals surface area contributed by atoms with Gasteiger partial charge in [-0.3, -0.25) is 9.36 Å². The van der Waals surface area contributed by atoms with Crippen LogP contribution in [0.4, 0.5) is 11.6 Å². The molecule has 0 aliphatic heterocycles. The van der Waals surface area contributed by atoms with Gasteiger partial charge in [0.15, 0.2) is 5.69 Å². The zero-order valence-electron chi connectivity index (χ0n) is 14.4. The summed E-state index contributed by atoms with van der Waals surface area (Å²) in [6.07, 6.45) is 1.91. The standard InChI is InChI=1S/C18H16Cl2N4O2S/c1-27-11-24-17(25)16(10-26-15-8-4-13(20)5-9-15)22-23-18(24)21-14-6-2-12(19)3-7-14/h2-9H,10-11H2,1H3,(H,21,23). The number of ether oxygens (including phenoxy) is 1. The highest BCUT2D eigenvalue weighted by Gasteiger charge is 2.13. The Labute approximate surface area is 170 Å². The van der Waals surface area contributed by atoms with E-state index < -0.39 is 0 Å². The topological polar surface area (TPSA) is 69.0 Å². The number of aromatic nitrogens is 3. The Kier molecular flexibility index (Phi) is 6.60. The van der Waals surface area contributed by atoms with Gasteiger partial charge in [0, 0.05) is 15.7 Å². The molecule has 9 heteroatoms. The molecule has 27 heavy (non-hydrogen) atoms. The molecule has 0 radical (unpaired) electrons. The molecule has 1 heterocycles. The number of hydrogen-bond donors (Lipinski definition) is 1. The van der Waals surface area contributed by atoms with Gasteiger partial charge in [0.2, 0.25) is 5.95 Å². The number of benzene rings is 2. The van der Waals surface area contributed by atoms with E-state index in [1.54, 1.807) is 48.5 Å². The van der Waals surface area contributed by atoms with Crippen LogP contribution in [0.3, 0.4) is 0 Å². The molecule has 0 saturated heterocycles. The Hall–Kier alpha value is -2.22. The van der Waals surface area contributed by atoms with Crippen molar-refractivity contribution in [2.75, 3.05) is 11.6 Å². The van der Waals surface area contributed by atoms with Crippen LogP contribution in [-0.2, 0) is 12.5 Å². The van der Waals surface area contributed by atoms with E-state index in [1.165, 1.54) is 16.3 Å². The average Bonchev–Trinajstić information content (AvgIpc) is 2.67. The van der Waals surface area contributed by atoms with Crippen molar-refractivity contribution >= 4 is 46.6 Å². The van der Waals surface area contributed by atoms with Crippen LogP contribution in [0.5, 0.6) is 5.75 Å². The number of halogens is 2. The summed E-state index contributed by atoms with van der Waals surface area (Å²) in [5, 5.41) is 12.5. The smallest absolute Gasteiger partial charge is 0.281 e. The summed E-state index contributed by atoms with van der Waals surface area (Å²) in [4.78, 5) is 12.8. The van der Waals surface area contributed by atoms with Crippen LogP contribution in [0.2, 0.25) is 10.0 Å². The SMILES string of the molecule is CSCn1c(Nc2ccc(Cl)cc2)nnc(COc2ccc(Cl)cc2)c1=O. The van der Waals surface area contributed by atoms with Crippen molar-refractivity contribution in [3.8, 4) is 5.75 Å². The van der Waals surface area contributed by atoms with E-state index in [0.29, 0.717) is 27.6 Å². The highest BCUT2D eigenvalue weighted by molar-refractivity contribution is 7.97. The molecule has 3 aromatic rings. The van der Waals surface area contributed by atoms with Gasteiger partial charge < -0.3 is 10.1 Å². The Bertz CT molecular complexity index is 963. The molecule has 0 spiro atoms. The third-order valence-electron chi connectivity index (χ3n) is 3.56. The monoisotopic (exact) mass is 422 g/mol. The molecule has 0 atom stereocenters. The Morgan fingerprint density at radius 3 is 2.30 bits per heavy atom. The largest absolute Gasteiger partial charge is 0.487 e. The van der Waals surface area contributed by atoms with Gasteiger partial charge in [-0.1, -0.05) is 23.2 Å². The van der Waals surface area contributed by atoms with Gasteiger partial charge in [-0.15, -0.1) is 22.0 Å². The summed E-state index contributed by atoms with van der Waals surface area (Å²) >= 11 is 13.3. The zero-order valence-corrected chi connectivity index (χ0v) is 16.7. The maximum Gasteiger partial charge on any atom is 0.281 e. The van der Waals surface area contributed by atoms with Gasteiger partial charge in [0.05, 0.1) is 5.88 Å². The number of nitrogens with one attached hydrogen (secondary N) is 1. The van der Waals surface area contributed by atoms with E-state index in [-0.39, 0.29) is 17.9 Å². The van der Waals surface area contributed by atoms with Crippen LogP contribution in [0.25, 0.3) is 0 Å². The molecule has 3 rings (SSSR count). The second-order valence-electron chi connectivity index (χ2n) is 5.50. The first-order chi connectivity index (χ1) is 13.1. The fourth-order valence-electron chi connectivity index (χ4n) is 2.23. The predicted molar refractivity (Wildman–Crippen MR) is 110 cm³/mol. The summed E-state index contributed by atoms with van der Waals surface area (Å²) in [6.45, 7) is 0.0169. The second kappa shape index (κ2) is 9.12. The van der Waals surface area contributed by atoms with Gasteiger partial charge >= 0.3 is 0 Å². The fraction of sp³-hybridized carbons (Fsp3) is 0.167. The number of nitrogens with zero attached hydrogens (tertiary/aromatic N) is 3. The first-order valence-corrected chi connectivity index (χ1v) is 10.1. The lowest BCUT2D eigenvalue weighted by Gasteiger charge is -2.13. The minimum absolute atomic E-state index is 0.0169.